The fraction of sp³-hybridized carbons (Fsp3) is 0.600. The number of hydrogen-bond acceptors (Lipinski definition) is 4. The van der Waals surface area contributed by atoms with Crippen LogP contribution in [0.1, 0.15) is 32.6 Å². The van der Waals surface area contributed by atoms with Crippen molar-refractivity contribution in [2.24, 2.45) is 0 Å². The van der Waals surface area contributed by atoms with Gasteiger partial charge in [0.25, 0.3) is 5.69 Å². The first-order chi connectivity index (χ1) is 10.0. The largest absolute Gasteiger partial charge is 0.382 e. The molecule has 116 valence electrons. The van der Waals surface area contributed by atoms with Gasteiger partial charge in [-0.1, -0.05) is 13.3 Å². The summed E-state index contributed by atoms with van der Waals surface area (Å²) in [6.45, 7) is 3.35. The Labute approximate surface area is 123 Å². The molecule has 0 amide bonds. The van der Waals surface area contributed by atoms with E-state index in [2.05, 4.69) is 6.92 Å². The number of anilines is 1. The SMILES string of the molecule is CCC[C@]1(COC)CCCN1c1ccc(F)cc1[N+](=O)[O-]. The van der Waals surface area contributed by atoms with Gasteiger partial charge in [0.05, 0.1) is 23.1 Å². The summed E-state index contributed by atoms with van der Waals surface area (Å²) < 4.78 is 18.7. The van der Waals surface area contributed by atoms with E-state index in [0.29, 0.717) is 12.3 Å². The van der Waals surface area contributed by atoms with Crippen LogP contribution < -0.4 is 4.90 Å². The molecule has 1 heterocycles. The predicted octanol–water partition coefficient (Wildman–Crippen LogP) is 3.52. The van der Waals surface area contributed by atoms with Crippen LogP contribution in [0.3, 0.4) is 0 Å². The van der Waals surface area contributed by atoms with Crippen LogP contribution >= 0.6 is 0 Å². The molecule has 6 heteroatoms. The molecule has 1 fully saturated rings. The van der Waals surface area contributed by atoms with Crippen molar-refractivity contribution in [3.05, 3.63) is 34.1 Å². The van der Waals surface area contributed by atoms with Gasteiger partial charge < -0.3 is 9.64 Å². The van der Waals surface area contributed by atoms with Gasteiger partial charge in [0.1, 0.15) is 11.5 Å². The van der Waals surface area contributed by atoms with Crippen LogP contribution in [-0.2, 0) is 4.74 Å². The minimum absolute atomic E-state index is 0.173. The van der Waals surface area contributed by atoms with E-state index in [9.17, 15) is 14.5 Å². The van der Waals surface area contributed by atoms with E-state index in [0.717, 1.165) is 38.3 Å². The highest BCUT2D eigenvalue weighted by atomic mass is 19.1. The second-order valence-corrected chi connectivity index (χ2v) is 5.55. The number of ether oxygens (including phenoxy) is 1. The lowest BCUT2D eigenvalue weighted by Gasteiger charge is -2.39. The van der Waals surface area contributed by atoms with Crippen molar-refractivity contribution >= 4 is 11.4 Å². The molecule has 1 aromatic carbocycles. The summed E-state index contributed by atoms with van der Waals surface area (Å²) in [6, 6.07) is 3.79. The lowest BCUT2D eigenvalue weighted by molar-refractivity contribution is -0.384. The zero-order valence-electron chi connectivity index (χ0n) is 12.5. The highest BCUT2D eigenvalue weighted by Crippen LogP contribution is 2.41. The first-order valence-corrected chi connectivity index (χ1v) is 7.24. The van der Waals surface area contributed by atoms with Crippen molar-refractivity contribution in [1.29, 1.82) is 0 Å². The molecule has 1 aliphatic heterocycles. The van der Waals surface area contributed by atoms with Gasteiger partial charge in [-0.3, -0.25) is 10.1 Å². The number of methoxy groups -OCH3 is 1. The Morgan fingerprint density at radius 1 is 1.52 bits per heavy atom. The predicted molar refractivity (Wildman–Crippen MR) is 79.1 cm³/mol. The monoisotopic (exact) mass is 296 g/mol. The number of nitro groups is 1. The van der Waals surface area contributed by atoms with Crippen molar-refractivity contribution < 1.29 is 14.1 Å². The van der Waals surface area contributed by atoms with E-state index in [-0.39, 0.29) is 11.2 Å². The fourth-order valence-corrected chi connectivity index (χ4v) is 3.40. The van der Waals surface area contributed by atoms with Gasteiger partial charge in [-0.2, -0.15) is 0 Å². The van der Waals surface area contributed by atoms with Crippen LogP contribution in [0.2, 0.25) is 0 Å². The molecule has 0 radical (unpaired) electrons. The van der Waals surface area contributed by atoms with E-state index < -0.39 is 10.7 Å². The maximum atomic E-state index is 13.3. The van der Waals surface area contributed by atoms with Crippen LogP contribution in [0.15, 0.2) is 18.2 Å². The first-order valence-electron chi connectivity index (χ1n) is 7.24. The molecule has 1 saturated heterocycles. The number of rotatable bonds is 6. The second kappa shape index (κ2) is 6.39. The van der Waals surface area contributed by atoms with Crippen LogP contribution in [0.25, 0.3) is 0 Å². The highest BCUT2D eigenvalue weighted by Gasteiger charge is 2.42. The molecule has 0 unspecified atom stereocenters. The summed E-state index contributed by atoms with van der Waals surface area (Å²) >= 11 is 0. The maximum absolute atomic E-state index is 13.3. The van der Waals surface area contributed by atoms with Gasteiger partial charge in [-0.25, -0.2) is 4.39 Å². The molecule has 1 aliphatic rings. The molecule has 0 bridgehead atoms. The number of nitrogens with zero attached hydrogens (tertiary/aromatic N) is 2. The quantitative estimate of drug-likeness (QED) is 0.595. The van der Waals surface area contributed by atoms with Crippen LogP contribution in [-0.4, -0.2) is 30.7 Å². The Hall–Kier alpha value is -1.69. The van der Waals surface area contributed by atoms with E-state index in [4.69, 9.17) is 4.74 Å². The van der Waals surface area contributed by atoms with Crippen molar-refractivity contribution in [3.8, 4) is 0 Å². The molecule has 1 aromatic rings. The topological polar surface area (TPSA) is 55.6 Å². The number of benzene rings is 1. The van der Waals surface area contributed by atoms with Crippen LogP contribution in [0.4, 0.5) is 15.8 Å². The Balaban J connectivity index is 2.46. The normalized spacial score (nSPS) is 21.8. The van der Waals surface area contributed by atoms with Gasteiger partial charge in [-0.15, -0.1) is 0 Å². The molecule has 0 aromatic heterocycles. The Morgan fingerprint density at radius 3 is 2.90 bits per heavy atom. The average Bonchev–Trinajstić information content (AvgIpc) is 2.83. The highest BCUT2D eigenvalue weighted by molar-refractivity contribution is 5.65. The molecule has 21 heavy (non-hydrogen) atoms. The smallest absolute Gasteiger partial charge is 0.295 e. The average molecular weight is 296 g/mol. The van der Waals surface area contributed by atoms with Crippen molar-refractivity contribution in [1.82, 2.24) is 0 Å². The summed E-state index contributed by atoms with van der Waals surface area (Å²) in [5.74, 6) is -0.586. The Kier molecular flexibility index (Phi) is 4.77. The van der Waals surface area contributed by atoms with Crippen molar-refractivity contribution in [2.45, 2.75) is 38.1 Å². The third kappa shape index (κ3) is 3.00. The van der Waals surface area contributed by atoms with E-state index in [1.807, 2.05) is 4.90 Å². The second-order valence-electron chi connectivity index (χ2n) is 5.55. The zero-order chi connectivity index (χ0) is 15.5. The summed E-state index contributed by atoms with van der Waals surface area (Å²) in [5.41, 5.74) is 0.0874. The van der Waals surface area contributed by atoms with Gasteiger partial charge in [0, 0.05) is 13.7 Å². The molecular formula is C15H21FN2O3. The van der Waals surface area contributed by atoms with Gasteiger partial charge in [0.2, 0.25) is 0 Å². The van der Waals surface area contributed by atoms with E-state index in [1.54, 1.807) is 7.11 Å². The third-order valence-electron chi connectivity index (χ3n) is 4.15. The van der Waals surface area contributed by atoms with E-state index >= 15 is 0 Å². The van der Waals surface area contributed by atoms with Gasteiger partial charge >= 0.3 is 0 Å². The van der Waals surface area contributed by atoms with Crippen LogP contribution in [0.5, 0.6) is 0 Å². The summed E-state index contributed by atoms with van der Waals surface area (Å²) in [4.78, 5) is 12.8. The molecule has 0 aliphatic carbocycles. The zero-order valence-corrected chi connectivity index (χ0v) is 12.5. The summed E-state index contributed by atoms with van der Waals surface area (Å²) in [5, 5.41) is 11.2. The standard InChI is InChI=1S/C15H21FN2O3/c1-3-7-15(11-21-2)8-4-9-17(15)13-6-5-12(16)10-14(13)18(19)20/h5-6,10H,3-4,7-9,11H2,1-2H3/t15-/m1/s1. The molecule has 5 nitrogen and oxygen atoms in total. The number of hydrogen-bond donors (Lipinski definition) is 0. The Bertz CT molecular complexity index is 516. The van der Waals surface area contributed by atoms with Crippen molar-refractivity contribution in [2.75, 3.05) is 25.2 Å². The fourth-order valence-electron chi connectivity index (χ4n) is 3.40. The van der Waals surface area contributed by atoms with Crippen LogP contribution in [0, 0.1) is 15.9 Å². The molecule has 2 rings (SSSR count). The van der Waals surface area contributed by atoms with Crippen molar-refractivity contribution in [3.63, 3.8) is 0 Å². The molecule has 1 atom stereocenters. The van der Waals surface area contributed by atoms with Gasteiger partial charge in [-0.05, 0) is 31.4 Å². The minimum Gasteiger partial charge on any atom is -0.382 e. The molecule has 0 spiro atoms. The Morgan fingerprint density at radius 2 is 2.29 bits per heavy atom. The minimum atomic E-state index is -0.586. The lowest BCUT2D eigenvalue weighted by Crippen LogP contribution is -2.48. The van der Waals surface area contributed by atoms with E-state index in [1.165, 1.54) is 12.1 Å². The molecular weight excluding hydrogens is 275 g/mol. The number of halogens is 1. The van der Waals surface area contributed by atoms with Gasteiger partial charge in [0.15, 0.2) is 0 Å². The maximum Gasteiger partial charge on any atom is 0.295 e. The summed E-state index contributed by atoms with van der Waals surface area (Å²) in [7, 11) is 1.65. The third-order valence-corrected chi connectivity index (χ3v) is 4.15. The molecule has 0 saturated carbocycles. The summed E-state index contributed by atoms with van der Waals surface area (Å²) in [6.07, 6.45) is 3.76. The first kappa shape index (κ1) is 15.7. The lowest BCUT2D eigenvalue weighted by atomic mass is 9.91. The number of nitro benzene ring substituents is 1. The molecule has 0 N–H and O–H groups in total.